The van der Waals surface area contributed by atoms with E-state index in [-0.39, 0.29) is 0 Å². The molecule has 2 rings (SSSR count). The Labute approximate surface area is 118 Å². The van der Waals surface area contributed by atoms with Crippen LogP contribution in [0.1, 0.15) is 32.3 Å². The zero-order valence-electron chi connectivity index (χ0n) is 12.4. The molecule has 0 bridgehead atoms. The van der Waals surface area contributed by atoms with E-state index in [9.17, 15) is 0 Å². The lowest BCUT2D eigenvalue weighted by atomic mass is 10.0. The van der Waals surface area contributed by atoms with E-state index in [1.807, 2.05) is 0 Å². The summed E-state index contributed by atoms with van der Waals surface area (Å²) in [6, 6.07) is 11.5. The lowest BCUT2D eigenvalue weighted by molar-refractivity contribution is 0.187. The summed E-state index contributed by atoms with van der Waals surface area (Å²) < 4.78 is 0. The van der Waals surface area contributed by atoms with E-state index in [0.29, 0.717) is 6.04 Å². The first-order chi connectivity index (χ1) is 9.27. The predicted octanol–water partition coefficient (Wildman–Crippen LogP) is 2.94. The fraction of sp³-hybridized carbons (Fsp3) is 0.647. The molecular formula is C17H28N2. The van der Waals surface area contributed by atoms with Crippen LogP contribution >= 0.6 is 0 Å². The fourth-order valence-corrected chi connectivity index (χ4v) is 2.99. The topological polar surface area (TPSA) is 15.3 Å². The first-order valence-corrected chi connectivity index (χ1v) is 7.76. The van der Waals surface area contributed by atoms with Gasteiger partial charge in [-0.1, -0.05) is 44.2 Å². The van der Waals surface area contributed by atoms with Gasteiger partial charge in [0.2, 0.25) is 0 Å². The summed E-state index contributed by atoms with van der Waals surface area (Å²) in [6.07, 6.45) is 3.89. The van der Waals surface area contributed by atoms with Gasteiger partial charge in [-0.15, -0.1) is 0 Å². The number of nitrogens with one attached hydrogen (secondary N) is 1. The minimum absolute atomic E-state index is 0.707. The molecular weight excluding hydrogens is 232 g/mol. The van der Waals surface area contributed by atoms with Crippen LogP contribution in [0.5, 0.6) is 0 Å². The van der Waals surface area contributed by atoms with Crippen LogP contribution < -0.4 is 5.32 Å². The van der Waals surface area contributed by atoms with E-state index >= 15 is 0 Å². The molecule has 0 radical (unpaired) electrons. The van der Waals surface area contributed by atoms with Gasteiger partial charge in [0.1, 0.15) is 0 Å². The second kappa shape index (κ2) is 7.66. The van der Waals surface area contributed by atoms with Crippen molar-refractivity contribution in [2.75, 3.05) is 26.2 Å². The summed E-state index contributed by atoms with van der Waals surface area (Å²) >= 11 is 0. The number of nitrogens with zero attached hydrogens (tertiary/aromatic N) is 1. The van der Waals surface area contributed by atoms with Crippen molar-refractivity contribution in [3.05, 3.63) is 35.9 Å². The molecule has 0 amide bonds. The molecule has 1 saturated heterocycles. The van der Waals surface area contributed by atoms with Crippen molar-refractivity contribution in [3.8, 4) is 0 Å². The van der Waals surface area contributed by atoms with Gasteiger partial charge in [-0.05, 0) is 50.4 Å². The van der Waals surface area contributed by atoms with E-state index in [2.05, 4.69) is 54.4 Å². The van der Waals surface area contributed by atoms with Crippen LogP contribution in [-0.2, 0) is 6.42 Å². The molecule has 0 aliphatic carbocycles. The first kappa shape index (κ1) is 14.5. The smallest absolute Gasteiger partial charge is 0.0243 e. The molecule has 1 N–H and O–H groups in total. The van der Waals surface area contributed by atoms with E-state index in [1.165, 1.54) is 31.5 Å². The normalized spacial score (nSPS) is 18.1. The van der Waals surface area contributed by atoms with Crippen molar-refractivity contribution >= 4 is 0 Å². The summed E-state index contributed by atoms with van der Waals surface area (Å²) in [6.45, 7) is 9.50. The summed E-state index contributed by atoms with van der Waals surface area (Å²) in [5, 5.41) is 3.65. The summed E-state index contributed by atoms with van der Waals surface area (Å²) in [7, 11) is 0. The highest BCUT2D eigenvalue weighted by molar-refractivity contribution is 5.14. The van der Waals surface area contributed by atoms with Crippen LogP contribution in [0.2, 0.25) is 0 Å². The van der Waals surface area contributed by atoms with Crippen molar-refractivity contribution in [2.45, 2.75) is 39.2 Å². The van der Waals surface area contributed by atoms with E-state index in [0.717, 1.165) is 25.4 Å². The van der Waals surface area contributed by atoms with Crippen molar-refractivity contribution in [3.63, 3.8) is 0 Å². The lowest BCUT2D eigenvalue weighted by Gasteiger charge is -2.31. The third kappa shape index (κ3) is 4.63. The summed E-state index contributed by atoms with van der Waals surface area (Å²) in [5.74, 6) is 0.738. The Morgan fingerprint density at radius 3 is 2.42 bits per heavy atom. The van der Waals surface area contributed by atoms with Crippen LogP contribution in [0.4, 0.5) is 0 Å². The summed E-state index contributed by atoms with van der Waals surface area (Å²) in [5.41, 5.74) is 1.43. The Kier molecular flexibility index (Phi) is 5.87. The largest absolute Gasteiger partial charge is 0.315 e. The van der Waals surface area contributed by atoms with Gasteiger partial charge in [0.15, 0.2) is 0 Å². The van der Waals surface area contributed by atoms with E-state index < -0.39 is 0 Å². The van der Waals surface area contributed by atoms with Crippen LogP contribution in [0, 0.1) is 5.92 Å². The summed E-state index contributed by atoms with van der Waals surface area (Å²) in [4.78, 5) is 2.67. The Balaban J connectivity index is 1.70. The second-order valence-corrected chi connectivity index (χ2v) is 5.99. The number of benzene rings is 1. The van der Waals surface area contributed by atoms with Crippen LogP contribution in [0.25, 0.3) is 0 Å². The van der Waals surface area contributed by atoms with Gasteiger partial charge in [0.05, 0.1) is 0 Å². The number of rotatable bonds is 7. The van der Waals surface area contributed by atoms with Crippen molar-refractivity contribution in [1.29, 1.82) is 0 Å². The Morgan fingerprint density at radius 2 is 1.79 bits per heavy atom. The van der Waals surface area contributed by atoms with Crippen LogP contribution in [0.3, 0.4) is 0 Å². The quantitative estimate of drug-likeness (QED) is 0.758. The standard InChI is InChI=1S/C17H28N2/c1-15(2)17(19-12-6-7-13-19)14-18-11-10-16-8-4-3-5-9-16/h3-5,8-9,15,17-18H,6-7,10-14H2,1-2H3. The number of likely N-dealkylation sites (tertiary alicyclic amines) is 1. The third-order valence-corrected chi connectivity index (χ3v) is 4.17. The van der Waals surface area contributed by atoms with Gasteiger partial charge in [0, 0.05) is 12.6 Å². The molecule has 1 aliphatic heterocycles. The zero-order valence-corrected chi connectivity index (χ0v) is 12.4. The van der Waals surface area contributed by atoms with Gasteiger partial charge in [-0.25, -0.2) is 0 Å². The maximum absolute atomic E-state index is 3.65. The number of hydrogen-bond donors (Lipinski definition) is 1. The highest BCUT2D eigenvalue weighted by Crippen LogP contribution is 2.17. The maximum atomic E-state index is 3.65. The van der Waals surface area contributed by atoms with Gasteiger partial charge in [-0.2, -0.15) is 0 Å². The van der Waals surface area contributed by atoms with Crippen molar-refractivity contribution in [2.24, 2.45) is 5.92 Å². The molecule has 1 aliphatic rings. The minimum Gasteiger partial charge on any atom is -0.315 e. The highest BCUT2D eigenvalue weighted by atomic mass is 15.2. The SMILES string of the molecule is CC(C)C(CNCCc1ccccc1)N1CCCC1. The van der Waals surface area contributed by atoms with E-state index in [4.69, 9.17) is 0 Å². The predicted molar refractivity (Wildman–Crippen MR) is 82.4 cm³/mol. The van der Waals surface area contributed by atoms with Crippen molar-refractivity contribution in [1.82, 2.24) is 10.2 Å². The first-order valence-electron chi connectivity index (χ1n) is 7.76. The van der Waals surface area contributed by atoms with Gasteiger partial charge in [0.25, 0.3) is 0 Å². The fourth-order valence-electron chi connectivity index (χ4n) is 2.99. The molecule has 1 unspecified atom stereocenters. The van der Waals surface area contributed by atoms with Gasteiger partial charge in [-0.3, -0.25) is 4.90 Å². The van der Waals surface area contributed by atoms with E-state index in [1.54, 1.807) is 0 Å². The highest BCUT2D eigenvalue weighted by Gasteiger charge is 2.23. The molecule has 106 valence electrons. The average molecular weight is 260 g/mol. The van der Waals surface area contributed by atoms with Gasteiger partial charge >= 0.3 is 0 Å². The second-order valence-electron chi connectivity index (χ2n) is 5.99. The maximum Gasteiger partial charge on any atom is 0.0243 e. The zero-order chi connectivity index (χ0) is 13.5. The molecule has 0 aromatic heterocycles. The number of hydrogen-bond acceptors (Lipinski definition) is 2. The minimum atomic E-state index is 0.707. The molecule has 2 nitrogen and oxygen atoms in total. The average Bonchev–Trinajstić information content (AvgIpc) is 2.93. The molecule has 1 fully saturated rings. The van der Waals surface area contributed by atoms with Gasteiger partial charge < -0.3 is 5.32 Å². The monoisotopic (exact) mass is 260 g/mol. The molecule has 1 atom stereocenters. The Morgan fingerprint density at radius 1 is 1.11 bits per heavy atom. The molecule has 0 saturated carbocycles. The van der Waals surface area contributed by atoms with Crippen LogP contribution in [-0.4, -0.2) is 37.1 Å². The molecule has 1 heterocycles. The molecule has 1 aromatic carbocycles. The van der Waals surface area contributed by atoms with Crippen molar-refractivity contribution < 1.29 is 0 Å². The third-order valence-electron chi connectivity index (χ3n) is 4.17. The lowest BCUT2D eigenvalue weighted by Crippen LogP contribution is -2.44. The molecule has 1 aromatic rings. The Hall–Kier alpha value is -0.860. The molecule has 19 heavy (non-hydrogen) atoms. The Bertz CT molecular complexity index is 342. The molecule has 0 spiro atoms. The van der Waals surface area contributed by atoms with Crippen LogP contribution in [0.15, 0.2) is 30.3 Å². The molecule has 2 heteroatoms.